The van der Waals surface area contributed by atoms with E-state index >= 15 is 0 Å². The molecule has 0 bridgehead atoms. The minimum Gasteiger partial charge on any atom is -0.352 e. The predicted octanol–water partition coefficient (Wildman–Crippen LogP) is 2.01. The number of para-hydroxylation sites is 1. The molecule has 6 heteroatoms. The number of piperidine rings is 1. The van der Waals surface area contributed by atoms with Crippen LogP contribution < -0.4 is 5.32 Å². The molecule has 26 heavy (non-hydrogen) atoms. The molecule has 1 atom stereocenters. The highest BCUT2D eigenvalue weighted by atomic mass is 16.1. The Morgan fingerprint density at radius 3 is 2.92 bits per heavy atom. The van der Waals surface area contributed by atoms with E-state index < -0.39 is 0 Å². The van der Waals surface area contributed by atoms with Crippen molar-refractivity contribution >= 4 is 5.91 Å². The number of hydrogen-bond donors (Lipinski definition) is 1. The van der Waals surface area contributed by atoms with Gasteiger partial charge >= 0.3 is 0 Å². The molecule has 1 N–H and O–H groups in total. The zero-order valence-corrected chi connectivity index (χ0v) is 16.0. The molecule has 0 radical (unpaired) electrons. The van der Waals surface area contributed by atoms with Crippen molar-refractivity contribution in [2.75, 3.05) is 40.8 Å². The van der Waals surface area contributed by atoms with E-state index in [1.807, 2.05) is 49.1 Å². The van der Waals surface area contributed by atoms with Crippen molar-refractivity contribution in [3.8, 4) is 5.69 Å². The van der Waals surface area contributed by atoms with Crippen LogP contribution >= 0.6 is 0 Å². The number of carbonyl (C=O) groups is 1. The van der Waals surface area contributed by atoms with Gasteiger partial charge in [0.1, 0.15) is 0 Å². The van der Waals surface area contributed by atoms with Crippen molar-refractivity contribution in [2.45, 2.75) is 19.4 Å². The molecule has 6 nitrogen and oxygen atoms in total. The summed E-state index contributed by atoms with van der Waals surface area (Å²) >= 11 is 0. The summed E-state index contributed by atoms with van der Waals surface area (Å²) in [4.78, 5) is 21.6. The van der Waals surface area contributed by atoms with Gasteiger partial charge in [-0.2, -0.15) is 0 Å². The van der Waals surface area contributed by atoms with Crippen LogP contribution in [0.15, 0.2) is 36.8 Å². The molecule has 0 unspecified atom stereocenters. The Bertz CT molecular complexity index is 739. The Balaban J connectivity index is 1.70. The first kappa shape index (κ1) is 18.6. The van der Waals surface area contributed by atoms with Gasteiger partial charge in [-0.3, -0.25) is 4.79 Å². The maximum absolute atomic E-state index is 12.8. The van der Waals surface area contributed by atoms with Gasteiger partial charge in [0.25, 0.3) is 5.91 Å². The summed E-state index contributed by atoms with van der Waals surface area (Å²) < 4.78 is 1.93. The largest absolute Gasteiger partial charge is 0.352 e. The first-order valence-corrected chi connectivity index (χ1v) is 9.26. The molecule has 1 amide bonds. The van der Waals surface area contributed by atoms with Crippen molar-refractivity contribution in [1.82, 2.24) is 24.7 Å². The highest BCUT2D eigenvalue weighted by molar-refractivity contribution is 5.97. The third-order valence-electron chi connectivity index (χ3n) is 4.81. The summed E-state index contributed by atoms with van der Waals surface area (Å²) in [5.74, 6) is 0.515. The second-order valence-electron chi connectivity index (χ2n) is 7.51. The number of nitrogens with zero attached hydrogens (tertiary/aromatic N) is 4. The molecule has 1 aromatic carbocycles. The van der Waals surface area contributed by atoms with Crippen LogP contribution in [-0.2, 0) is 6.54 Å². The molecule has 3 rings (SSSR count). The number of imidazole rings is 1. The molecule has 0 spiro atoms. The lowest BCUT2D eigenvalue weighted by molar-refractivity contribution is 0.0937. The van der Waals surface area contributed by atoms with Crippen LogP contribution in [0.25, 0.3) is 5.69 Å². The van der Waals surface area contributed by atoms with Gasteiger partial charge in [-0.25, -0.2) is 4.98 Å². The smallest absolute Gasteiger partial charge is 0.253 e. The number of carbonyl (C=O) groups excluding carboxylic acids is 1. The predicted molar refractivity (Wildman–Crippen MR) is 104 cm³/mol. The lowest BCUT2D eigenvalue weighted by Crippen LogP contribution is -2.39. The Hall–Kier alpha value is -2.18. The van der Waals surface area contributed by atoms with Gasteiger partial charge in [0.2, 0.25) is 0 Å². The molecule has 2 aromatic rings. The van der Waals surface area contributed by atoms with Gasteiger partial charge in [0.05, 0.1) is 23.3 Å². The number of amides is 1. The molecular weight excluding hydrogens is 326 g/mol. The van der Waals surface area contributed by atoms with Crippen LogP contribution in [0.4, 0.5) is 0 Å². The molecule has 0 saturated carbocycles. The normalized spacial score (nSPS) is 18.2. The molecular formula is C20H29N5O. The van der Waals surface area contributed by atoms with Crippen LogP contribution in [0.1, 0.15) is 28.9 Å². The monoisotopic (exact) mass is 355 g/mol. The van der Waals surface area contributed by atoms with Crippen LogP contribution in [0.2, 0.25) is 0 Å². The van der Waals surface area contributed by atoms with Crippen molar-refractivity contribution < 1.29 is 4.79 Å². The fraction of sp³-hybridized carbons (Fsp3) is 0.500. The average Bonchev–Trinajstić information content (AvgIpc) is 3.07. The lowest BCUT2D eigenvalue weighted by atomic mass is 9.98. The Labute approximate surface area is 155 Å². The van der Waals surface area contributed by atoms with Gasteiger partial charge in [-0.1, -0.05) is 12.1 Å². The molecule has 1 aliphatic heterocycles. The second-order valence-corrected chi connectivity index (χ2v) is 7.51. The van der Waals surface area contributed by atoms with Crippen LogP contribution in [0.5, 0.6) is 0 Å². The Kier molecular flexibility index (Phi) is 6.06. The van der Waals surface area contributed by atoms with E-state index in [0.717, 1.165) is 37.6 Å². The summed E-state index contributed by atoms with van der Waals surface area (Å²) in [6, 6.07) is 7.70. The van der Waals surface area contributed by atoms with E-state index in [4.69, 9.17) is 0 Å². The number of nitrogens with one attached hydrogen (secondary N) is 1. The molecule has 140 valence electrons. The molecule has 1 fully saturated rings. The number of likely N-dealkylation sites (tertiary alicyclic amines) is 1. The fourth-order valence-corrected chi connectivity index (χ4v) is 3.56. The van der Waals surface area contributed by atoms with E-state index in [1.54, 1.807) is 6.33 Å². The molecule has 2 heterocycles. The van der Waals surface area contributed by atoms with Crippen LogP contribution in [0, 0.1) is 5.92 Å². The summed E-state index contributed by atoms with van der Waals surface area (Å²) in [7, 11) is 6.18. The number of hydrogen-bond acceptors (Lipinski definition) is 4. The minimum absolute atomic E-state index is 0.0170. The van der Waals surface area contributed by atoms with Crippen molar-refractivity contribution in [2.24, 2.45) is 5.92 Å². The number of aromatic nitrogens is 2. The Morgan fingerprint density at radius 2 is 2.15 bits per heavy atom. The van der Waals surface area contributed by atoms with Gasteiger partial charge in [-0.15, -0.1) is 0 Å². The first-order chi connectivity index (χ1) is 12.5. The number of rotatable bonds is 6. The molecule has 1 aliphatic rings. The van der Waals surface area contributed by atoms with Gasteiger partial charge in [0.15, 0.2) is 0 Å². The third-order valence-corrected chi connectivity index (χ3v) is 4.81. The van der Waals surface area contributed by atoms with E-state index in [1.165, 1.54) is 12.8 Å². The maximum atomic E-state index is 12.8. The lowest BCUT2D eigenvalue weighted by Gasteiger charge is -2.29. The summed E-state index contributed by atoms with van der Waals surface area (Å²) in [6.07, 6.45) is 6.16. The molecule has 1 aromatic heterocycles. The SMILES string of the molecule is CN(C)Cc1cn(-c2ccccc2C(=O)NC[C@@H]2CCCN(C)C2)cn1. The summed E-state index contributed by atoms with van der Waals surface area (Å²) in [6.45, 7) is 3.71. The topological polar surface area (TPSA) is 53.4 Å². The van der Waals surface area contributed by atoms with E-state index in [2.05, 4.69) is 27.1 Å². The third kappa shape index (κ3) is 4.71. The standard InChI is InChI=1S/C20H29N5O/c1-23(2)13-17-14-25(15-22-17)19-9-5-4-8-18(19)20(26)21-11-16-7-6-10-24(3)12-16/h4-5,8-9,14-16H,6-7,10-13H2,1-3H3,(H,21,26)/t16-/m0/s1. The van der Waals surface area contributed by atoms with Crippen molar-refractivity contribution in [1.29, 1.82) is 0 Å². The van der Waals surface area contributed by atoms with Crippen LogP contribution in [0.3, 0.4) is 0 Å². The van der Waals surface area contributed by atoms with Gasteiger partial charge in [-0.05, 0) is 58.6 Å². The molecule has 1 saturated heterocycles. The van der Waals surface area contributed by atoms with E-state index in [-0.39, 0.29) is 5.91 Å². The summed E-state index contributed by atoms with van der Waals surface area (Å²) in [5, 5.41) is 3.13. The van der Waals surface area contributed by atoms with Gasteiger partial charge in [0, 0.05) is 25.8 Å². The van der Waals surface area contributed by atoms with Crippen molar-refractivity contribution in [3.63, 3.8) is 0 Å². The molecule has 0 aliphatic carbocycles. The number of benzene rings is 1. The highest BCUT2D eigenvalue weighted by Crippen LogP contribution is 2.17. The maximum Gasteiger partial charge on any atom is 0.253 e. The highest BCUT2D eigenvalue weighted by Gasteiger charge is 2.19. The summed E-state index contributed by atoms with van der Waals surface area (Å²) in [5.41, 5.74) is 2.53. The van der Waals surface area contributed by atoms with Crippen molar-refractivity contribution in [3.05, 3.63) is 48.0 Å². The van der Waals surface area contributed by atoms with Crippen LogP contribution in [-0.4, -0.2) is 66.0 Å². The second kappa shape index (κ2) is 8.47. The quantitative estimate of drug-likeness (QED) is 0.861. The van der Waals surface area contributed by atoms with E-state index in [0.29, 0.717) is 11.5 Å². The average molecular weight is 355 g/mol. The minimum atomic E-state index is -0.0170. The first-order valence-electron chi connectivity index (χ1n) is 9.26. The fourth-order valence-electron chi connectivity index (χ4n) is 3.56. The Morgan fingerprint density at radius 1 is 1.35 bits per heavy atom. The zero-order valence-electron chi connectivity index (χ0n) is 16.0. The zero-order chi connectivity index (χ0) is 18.5. The van der Waals surface area contributed by atoms with E-state index in [9.17, 15) is 4.79 Å². The van der Waals surface area contributed by atoms with Gasteiger partial charge < -0.3 is 19.7 Å².